The molecule has 0 aliphatic carbocycles. The highest BCUT2D eigenvalue weighted by Crippen LogP contribution is 2.36. The van der Waals surface area contributed by atoms with Gasteiger partial charge in [0.25, 0.3) is 0 Å². The molecule has 1 saturated heterocycles. The third kappa shape index (κ3) is 9.06. The van der Waals surface area contributed by atoms with Gasteiger partial charge >= 0.3 is 7.12 Å². The lowest BCUT2D eigenvalue weighted by Gasteiger charge is -2.32. The van der Waals surface area contributed by atoms with Gasteiger partial charge in [-0.05, 0) is 69.6 Å². The molecule has 0 bridgehead atoms. The predicted molar refractivity (Wildman–Crippen MR) is 141 cm³/mol. The highest BCUT2D eigenvalue weighted by Gasteiger charge is 2.51. The number of hydrogen-bond acceptors (Lipinski definition) is 5. The molecule has 1 aliphatic heterocycles. The van der Waals surface area contributed by atoms with Crippen LogP contribution in [0.25, 0.3) is 0 Å². The molecule has 0 amide bonds. The first-order valence-electron chi connectivity index (χ1n) is 10.7. The second-order valence-electron chi connectivity index (χ2n) is 8.50. The Labute approximate surface area is 223 Å². The third-order valence-electron chi connectivity index (χ3n) is 5.33. The van der Waals surface area contributed by atoms with Crippen LogP contribution in [0.4, 0.5) is 8.78 Å². The molecular formula is C24H27BBrCl2F2N3O2. The third-order valence-corrected chi connectivity index (χ3v) is 6.38. The lowest BCUT2D eigenvalue weighted by molar-refractivity contribution is 0.00578. The summed E-state index contributed by atoms with van der Waals surface area (Å²) < 4.78 is 36.1. The Kier molecular flexibility index (Phi) is 11.5. The maximum Gasteiger partial charge on any atom is 0.494 e. The summed E-state index contributed by atoms with van der Waals surface area (Å²) >= 11 is 14.5. The Morgan fingerprint density at radius 1 is 0.771 bits per heavy atom. The van der Waals surface area contributed by atoms with Crippen molar-refractivity contribution in [3.63, 3.8) is 0 Å². The first kappa shape index (κ1) is 29.6. The van der Waals surface area contributed by atoms with E-state index in [-0.39, 0.29) is 11.2 Å². The van der Waals surface area contributed by atoms with Crippen molar-refractivity contribution in [1.29, 1.82) is 0 Å². The highest BCUT2D eigenvalue weighted by atomic mass is 79.9. The van der Waals surface area contributed by atoms with Crippen LogP contribution in [0.15, 0.2) is 55.0 Å². The minimum absolute atomic E-state index is 0.377. The first-order valence-corrected chi connectivity index (χ1v) is 12.6. The van der Waals surface area contributed by atoms with Gasteiger partial charge in [0, 0.05) is 34.0 Å². The molecule has 3 aromatic heterocycles. The standard InChI is InChI=1S/C12H17BFNO2.C6H5BrClN.C6H5ClFN/c1-11(2)12(3,4)17-13(16-11)9-5-6-15-10(7-9)8-14;7-4-6-3-5(8)1-2-9-6;7-5-1-2-9-6(3-5)4-8/h5-7H,8H2,1-4H3;2*1-3H,4H2. The number of pyridine rings is 3. The summed E-state index contributed by atoms with van der Waals surface area (Å²) in [4.78, 5) is 11.6. The quantitative estimate of drug-likeness (QED) is 0.251. The molecule has 1 fully saturated rings. The zero-order chi connectivity index (χ0) is 26.1. The monoisotopic (exact) mass is 587 g/mol. The van der Waals surface area contributed by atoms with Crippen molar-refractivity contribution in [2.45, 2.75) is 57.6 Å². The van der Waals surface area contributed by atoms with Crippen molar-refractivity contribution in [2.75, 3.05) is 0 Å². The van der Waals surface area contributed by atoms with Crippen LogP contribution in [0.2, 0.25) is 10.0 Å². The average Bonchev–Trinajstić information content (AvgIpc) is 3.06. The first-order chi connectivity index (χ1) is 16.5. The molecule has 188 valence electrons. The lowest BCUT2D eigenvalue weighted by atomic mass is 9.79. The normalized spacial score (nSPS) is 15.5. The van der Waals surface area contributed by atoms with E-state index in [0.29, 0.717) is 16.4 Å². The molecule has 35 heavy (non-hydrogen) atoms. The van der Waals surface area contributed by atoms with E-state index in [1.54, 1.807) is 36.7 Å². The van der Waals surface area contributed by atoms with E-state index in [1.165, 1.54) is 12.3 Å². The molecule has 4 heterocycles. The number of aromatic nitrogens is 3. The number of nitrogens with zero attached hydrogens (tertiary/aromatic N) is 3. The summed E-state index contributed by atoms with van der Waals surface area (Å²) in [5.74, 6) is 0. The van der Waals surface area contributed by atoms with Crippen LogP contribution in [0.5, 0.6) is 0 Å². The highest BCUT2D eigenvalue weighted by molar-refractivity contribution is 9.08. The number of rotatable bonds is 4. The van der Waals surface area contributed by atoms with E-state index < -0.39 is 20.5 Å². The zero-order valence-corrected chi connectivity index (χ0v) is 23.0. The van der Waals surface area contributed by atoms with E-state index in [0.717, 1.165) is 21.5 Å². The number of halogens is 5. The van der Waals surface area contributed by atoms with Crippen LogP contribution >= 0.6 is 39.1 Å². The maximum atomic E-state index is 12.6. The zero-order valence-electron chi connectivity index (χ0n) is 19.9. The minimum Gasteiger partial charge on any atom is -0.399 e. The second kappa shape index (κ2) is 13.6. The van der Waals surface area contributed by atoms with E-state index in [2.05, 4.69) is 30.9 Å². The van der Waals surface area contributed by atoms with Crippen LogP contribution in [-0.4, -0.2) is 33.3 Å². The molecule has 1 aliphatic rings. The molecule has 0 unspecified atom stereocenters. The number of alkyl halides is 3. The summed E-state index contributed by atoms with van der Waals surface area (Å²) in [5, 5.41) is 2.02. The molecule has 11 heteroatoms. The van der Waals surface area contributed by atoms with Gasteiger partial charge in [-0.2, -0.15) is 0 Å². The summed E-state index contributed by atoms with van der Waals surface area (Å²) in [6.45, 7) is 6.83. The van der Waals surface area contributed by atoms with E-state index >= 15 is 0 Å². The van der Waals surface area contributed by atoms with Gasteiger partial charge < -0.3 is 9.31 Å². The molecule has 0 radical (unpaired) electrons. The number of hydrogen-bond donors (Lipinski definition) is 0. The Hall–Kier alpha value is -1.65. The van der Waals surface area contributed by atoms with Crippen molar-refractivity contribution in [3.05, 3.63) is 82.1 Å². The molecule has 3 aromatic rings. The fraction of sp³-hybridized carbons (Fsp3) is 0.375. The fourth-order valence-electron chi connectivity index (χ4n) is 2.74. The molecular weight excluding hydrogens is 562 g/mol. The fourth-order valence-corrected chi connectivity index (χ4v) is 3.41. The Bertz CT molecular complexity index is 1030. The molecule has 0 atom stereocenters. The van der Waals surface area contributed by atoms with Crippen LogP contribution < -0.4 is 5.46 Å². The smallest absolute Gasteiger partial charge is 0.399 e. The lowest BCUT2D eigenvalue weighted by Crippen LogP contribution is -2.41. The van der Waals surface area contributed by atoms with Gasteiger partial charge in [0.15, 0.2) is 0 Å². The van der Waals surface area contributed by atoms with Gasteiger partial charge in [-0.1, -0.05) is 39.1 Å². The molecule has 0 saturated carbocycles. The van der Waals surface area contributed by atoms with Crippen LogP contribution in [0.3, 0.4) is 0 Å². The summed E-state index contributed by atoms with van der Waals surface area (Å²) in [6, 6.07) is 10.2. The van der Waals surface area contributed by atoms with Crippen molar-refractivity contribution in [3.8, 4) is 0 Å². The topological polar surface area (TPSA) is 57.1 Å². The van der Waals surface area contributed by atoms with Gasteiger partial charge in [0.2, 0.25) is 0 Å². The van der Waals surface area contributed by atoms with Crippen molar-refractivity contribution in [2.24, 2.45) is 0 Å². The van der Waals surface area contributed by atoms with Crippen molar-refractivity contribution in [1.82, 2.24) is 15.0 Å². The molecule has 5 nitrogen and oxygen atoms in total. The van der Waals surface area contributed by atoms with Gasteiger partial charge in [-0.25, -0.2) is 8.78 Å². The molecule has 0 N–H and O–H groups in total. The maximum absolute atomic E-state index is 12.6. The van der Waals surface area contributed by atoms with Gasteiger partial charge in [-0.15, -0.1) is 0 Å². The van der Waals surface area contributed by atoms with Crippen LogP contribution in [0, 0.1) is 0 Å². The molecule has 4 rings (SSSR count). The van der Waals surface area contributed by atoms with Crippen molar-refractivity contribution >= 4 is 51.7 Å². The van der Waals surface area contributed by atoms with Gasteiger partial charge in [-0.3, -0.25) is 15.0 Å². The predicted octanol–water partition coefficient (Wildman–Crippen LogP) is 6.68. The van der Waals surface area contributed by atoms with Crippen LogP contribution in [-0.2, 0) is 28.0 Å². The largest absolute Gasteiger partial charge is 0.494 e. The van der Waals surface area contributed by atoms with E-state index in [9.17, 15) is 8.78 Å². The van der Waals surface area contributed by atoms with Gasteiger partial charge in [0.05, 0.1) is 28.3 Å². The van der Waals surface area contributed by atoms with Crippen LogP contribution in [0.1, 0.15) is 44.8 Å². The minimum atomic E-state index is -0.576. The SMILES string of the molecule is CC1(C)OB(c2ccnc(CF)c2)OC1(C)C.Clc1ccnc(CBr)c1.FCc1cc(Cl)ccn1. The second-order valence-corrected chi connectivity index (χ2v) is 9.93. The average molecular weight is 589 g/mol. The Balaban J connectivity index is 0.000000203. The molecule has 0 spiro atoms. The molecule has 0 aromatic carbocycles. The van der Waals surface area contributed by atoms with Crippen molar-refractivity contribution < 1.29 is 18.1 Å². The summed E-state index contributed by atoms with van der Waals surface area (Å²) in [6.07, 6.45) is 4.76. The Morgan fingerprint density at radius 3 is 1.60 bits per heavy atom. The van der Waals surface area contributed by atoms with E-state index in [4.69, 9.17) is 32.5 Å². The summed E-state index contributed by atoms with van der Waals surface area (Å²) in [7, 11) is -0.451. The summed E-state index contributed by atoms with van der Waals surface area (Å²) in [5.41, 5.74) is 1.79. The Morgan fingerprint density at radius 2 is 1.20 bits per heavy atom. The van der Waals surface area contributed by atoms with Gasteiger partial charge in [0.1, 0.15) is 13.3 Å². The van der Waals surface area contributed by atoms with E-state index in [1.807, 2.05) is 33.8 Å².